The number of alkyl halides is 1. The van der Waals surface area contributed by atoms with Gasteiger partial charge < -0.3 is 4.90 Å². The Labute approximate surface area is 114 Å². The molecule has 1 heterocycles. The van der Waals surface area contributed by atoms with Crippen molar-refractivity contribution < 1.29 is 13.2 Å². The highest BCUT2D eigenvalue weighted by molar-refractivity contribution is 7.89. The maximum Gasteiger partial charge on any atom is 0.240 e. The topological polar surface area (TPSA) is 66.5 Å². The van der Waals surface area contributed by atoms with Crippen molar-refractivity contribution >= 4 is 27.5 Å². The minimum atomic E-state index is -3.45. The second-order valence-corrected chi connectivity index (χ2v) is 7.02. The molecule has 0 aromatic rings. The van der Waals surface area contributed by atoms with Gasteiger partial charge in [-0.3, -0.25) is 4.79 Å². The first-order valence-electron chi connectivity index (χ1n) is 6.20. The van der Waals surface area contributed by atoms with Gasteiger partial charge in [0.25, 0.3) is 0 Å². The van der Waals surface area contributed by atoms with Crippen LogP contribution in [0.2, 0.25) is 0 Å². The fourth-order valence-electron chi connectivity index (χ4n) is 2.00. The third-order valence-corrected chi connectivity index (χ3v) is 5.16. The van der Waals surface area contributed by atoms with Gasteiger partial charge in [-0.15, -0.1) is 11.6 Å². The summed E-state index contributed by atoms with van der Waals surface area (Å²) in [6, 6.07) is -0.698. The van der Waals surface area contributed by atoms with E-state index in [0.29, 0.717) is 0 Å². The highest BCUT2D eigenvalue weighted by Crippen LogP contribution is 2.10. The first kappa shape index (κ1) is 15.7. The van der Waals surface area contributed by atoms with E-state index in [0.717, 1.165) is 25.9 Å². The maximum absolute atomic E-state index is 12.0. The SMILES string of the molecule is CC(CCl)CS(=O)(=O)NC(C)C(=O)N1CCCC1. The average molecular weight is 297 g/mol. The standard InChI is InChI=1S/C11H21ClN2O3S/c1-9(7-12)8-18(16,17)13-10(2)11(15)14-5-3-4-6-14/h9-10,13H,3-8H2,1-2H3. The Kier molecular flexibility index (Phi) is 5.88. The van der Waals surface area contributed by atoms with Gasteiger partial charge in [0.2, 0.25) is 15.9 Å². The lowest BCUT2D eigenvalue weighted by Gasteiger charge is -2.21. The molecule has 0 aromatic carbocycles. The van der Waals surface area contributed by atoms with E-state index in [1.165, 1.54) is 0 Å². The molecule has 1 fully saturated rings. The zero-order valence-electron chi connectivity index (χ0n) is 10.9. The smallest absolute Gasteiger partial charge is 0.240 e. The number of carbonyl (C=O) groups is 1. The van der Waals surface area contributed by atoms with E-state index >= 15 is 0 Å². The largest absolute Gasteiger partial charge is 0.341 e. The first-order chi connectivity index (χ1) is 8.35. The molecule has 0 aliphatic carbocycles. The molecular weight excluding hydrogens is 276 g/mol. The van der Waals surface area contributed by atoms with Crippen molar-refractivity contribution in [1.82, 2.24) is 9.62 Å². The lowest BCUT2D eigenvalue weighted by molar-refractivity contribution is -0.131. The second kappa shape index (κ2) is 6.73. The number of sulfonamides is 1. The number of nitrogens with one attached hydrogen (secondary N) is 1. The normalized spacial score (nSPS) is 19.8. The predicted octanol–water partition coefficient (Wildman–Crippen LogP) is 0.792. The fourth-order valence-corrected chi connectivity index (χ4v) is 3.84. The zero-order valence-corrected chi connectivity index (χ0v) is 12.4. The lowest BCUT2D eigenvalue weighted by Crippen LogP contribution is -2.47. The van der Waals surface area contributed by atoms with Crippen LogP contribution in [0.15, 0.2) is 0 Å². The third kappa shape index (κ3) is 4.74. The first-order valence-corrected chi connectivity index (χ1v) is 8.39. The van der Waals surface area contributed by atoms with Crippen LogP contribution in [-0.2, 0) is 14.8 Å². The van der Waals surface area contributed by atoms with Crippen molar-refractivity contribution in [1.29, 1.82) is 0 Å². The van der Waals surface area contributed by atoms with E-state index < -0.39 is 16.1 Å². The molecule has 1 rings (SSSR count). The molecule has 0 spiro atoms. The summed E-state index contributed by atoms with van der Waals surface area (Å²) >= 11 is 5.59. The van der Waals surface area contributed by atoms with E-state index in [1.807, 2.05) is 0 Å². The Hall–Kier alpha value is -0.330. The van der Waals surface area contributed by atoms with Crippen LogP contribution >= 0.6 is 11.6 Å². The van der Waals surface area contributed by atoms with Crippen LogP contribution in [0.3, 0.4) is 0 Å². The van der Waals surface area contributed by atoms with E-state index in [9.17, 15) is 13.2 Å². The van der Waals surface area contributed by atoms with Gasteiger partial charge >= 0.3 is 0 Å². The molecule has 7 heteroatoms. The third-order valence-electron chi connectivity index (χ3n) is 2.91. The number of halogens is 1. The number of rotatable bonds is 6. The molecule has 0 saturated carbocycles. The minimum Gasteiger partial charge on any atom is -0.341 e. The number of nitrogens with zero attached hydrogens (tertiary/aromatic N) is 1. The monoisotopic (exact) mass is 296 g/mol. The fraction of sp³-hybridized carbons (Fsp3) is 0.909. The molecule has 106 valence electrons. The van der Waals surface area contributed by atoms with Gasteiger partial charge in [-0.25, -0.2) is 13.1 Å². The molecule has 2 atom stereocenters. The van der Waals surface area contributed by atoms with Gasteiger partial charge in [-0.1, -0.05) is 6.92 Å². The number of hydrogen-bond acceptors (Lipinski definition) is 3. The Morgan fingerprint density at radius 2 is 1.89 bits per heavy atom. The van der Waals surface area contributed by atoms with E-state index in [4.69, 9.17) is 11.6 Å². The van der Waals surface area contributed by atoms with Crippen LogP contribution < -0.4 is 4.72 Å². The molecule has 1 N–H and O–H groups in total. The Morgan fingerprint density at radius 1 is 1.33 bits per heavy atom. The van der Waals surface area contributed by atoms with Gasteiger partial charge in [-0.05, 0) is 25.7 Å². The van der Waals surface area contributed by atoms with Crippen LogP contribution in [0.25, 0.3) is 0 Å². The van der Waals surface area contributed by atoms with Crippen molar-refractivity contribution in [3.05, 3.63) is 0 Å². The van der Waals surface area contributed by atoms with Gasteiger partial charge in [0.15, 0.2) is 0 Å². The van der Waals surface area contributed by atoms with Crippen molar-refractivity contribution in [2.75, 3.05) is 24.7 Å². The molecule has 0 bridgehead atoms. The summed E-state index contributed by atoms with van der Waals surface area (Å²) in [5, 5.41) is 0. The molecule has 1 aliphatic heterocycles. The second-order valence-electron chi connectivity index (χ2n) is 4.91. The van der Waals surface area contributed by atoms with Crippen molar-refractivity contribution in [3.63, 3.8) is 0 Å². The summed E-state index contributed by atoms with van der Waals surface area (Å²) < 4.78 is 26.0. The summed E-state index contributed by atoms with van der Waals surface area (Å²) in [7, 11) is -3.45. The van der Waals surface area contributed by atoms with Crippen LogP contribution in [0.5, 0.6) is 0 Å². The van der Waals surface area contributed by atoms with E-state index in [-0.39, 0.29) is 23.5 Å². The highest BCUT2D eigenvalue weighted by atomic mass is 35.5. The number of carbonyl (C=O) groups excluding carboxylic acids is 1. The summed E-state index contributed by atoms with van der Waals surface area (Å²) in [5.41, 5.74) is 0. The summed E-state index contributed by atoms with van der Waals surface area (Å²) in [5.74, 6) is -0.0309. The lowest BCUT2D eigenvalue weighted by atomic mass is 10.3. The average Bonchev–Trinajstić information content (AvgIpc) is 2.79. The zero-order chi connectivity index (χ0) is 13.8. The van der Waals surface area contributed by atoms with Crippen LogP contribution in [0.1, 0.15) is 26.7 Å². The number of hydrogen-bond donors (Lipinski definition) is 1. The molecule has 1 saturated heterocycles. The molecule has 18 heavy (non-hydrogen) atoms. The molecule has 1 amide bonds. The van der Waals surface area contributed by atoms with Gasteiger partial charge in [0.1, 0.15) is 0 Å². The molecule has 2 unspecified atom stereocenters. The Morgan fingerprint density at radius 3 is 2.39 bits per heavy atom. The van der Waals surface area contributed by atoms with Gasteiger partial charge in [0.05, 0.1) is 11.8 Å². The molecular formula is C11H21ClN2O3S. The highest BCUT2D eigenvalue weighted by Gasteiger charge is 2.27. The predicted molar refractivity (Wildman–Crippen MR) is 72.1 cm³/mol. The van der Waals surface area contributed by atoms with E-state index in [1.54, 1.807) is 18.7 Å². The molecule has 0 aromatic heterocycles. The molecule has 5 nitrogen and oxygen atoms in total. The molecule has 1 aliphatic rings. The van der Waals surface area contributed by atoms with Crippen LogP contribution in [0.4, 0.5) is 0 Å². The van der Waals surface area contributed by atoms with Crippen LogP contribution in [-0.4, -0.2) is 50.0 Å². The summed E-state index contributed by atoms with van der Waals surface area (Å²) in [6.07, 6.45) is 1.99. The number of amides is 1. The van der Waals surface area contributed by atoms with Gasteiger partial charge in [-0.2, -0.15) is 0 Å². The van der Waals surface area contributed by atoms with Crippen LogP contribution in [0, 0.1) is 5.92 Å². The van der Waals surface area contributed by atoms with Gasteiger partial charge in [0, 0.05) is 19.0 Å². The van der Waals surface area contributed by atoms with Crippen molar-refractivity contribution in [2.24, 2.45) is 5.92 Å². The maximum atomic E-state index is 12.0. The Bertz CT molecular complexity index is 380. The summed E-state index contributed by atoms with van der Waals surface area (Å²) in [4.78, 5) is 13.7. The molecule has 0 radical (unpaired) electrons. The van der Waals surface area contributed by atoms with Crippen molar-refractivity contribution in [3.8, 4) is 0 Å². The van der Waals surface area contributed by atoms with E-state index in [2.05, 4.69) is 4.72 Å². The quantitative estimate of drug-likeness (QED) is 0.737. The number of likely N-dealkylation sites (tertiary alicyclic amines) is 1. The Balaban J connectivity index is 2.52. The summed E-state index contributed by atoms with van der Waals surface area (Å²) in [6.45, 7) is 4.80. The minimum absolute atomic E-state index is 0.0475. The van der Waals surface area contributed by atoms with Crippen molar-refractivity contribution in [2.45, 2.75) is 32.7 Å².